The molecule has 1 saturated carbocycles. The van der Waals surface area contributed by atoms with Gasteiger partial charge in [-0.05, 0) is 31.4 Å². The first kappa shape index (κ1) is 23.6. The monoisotopic (exact) mass is 456 g/mol. The molecular formula is C20H23F7N2O2. The minimum absolute atomic E-state index is 0.0794. The predicted molar refractivity (Wildman–Crippen MR) is 97.6 cm³/mol. The zero-order valence-corrected chi connectivity index (χ0v) is 16.7. The smallest absolute Gasteiger partial charge is 0.417 e. The van der Waals surface area contributed by atoms with Crippen LogP contribution in [0.2, 0.25) is 0 Å². The van der Waals surface area contributed by atoms with Gasteiger partial charge in [0.15, 0.2) is 0 Å². The second-order valence-electron chi connectivity index (χ2n) is 7.91. The Bertz CT molecular complexity index is 810. The van der Waals surface area contributed by atoms with Crippen molar-refractivity contribution in [2.45, 2.75) is 62.7 Å². The lowest BCUT2D eigenvalue weighted by Gasteiger charge is -2.38. The molecule has 3 rings (SSSR count). The number of carbonyl (C=O) groups is 1. The van der Waals surface area contributed by atoms with Gasteiger partial charge in [-0.2, -0.15) is 26.3 Å². The molecule has 1 heterocycles. The van der Waals surface area contributed by atoms with E-state index in [1.165, 1.54) is 0 Å². The van der Waals surface area contributed by atoms with Crippen molar-refractivity contribution in [1.82, 2.24) is 10.2 Å². The molecule has 1 aromatic rings. The second kappa shape index (κ2) is 8.84. The number of nitrogens with zero attached hydrogens (tertiary/aromatic N) is 1. The third kappa shape index (κ3) is 5.24. The van der Waals surface area contributed by atoms with Crippen LogP contribution in [0.3, 0.4) is 0 Å². The molecule has 0 aromatic heterocycles. The number of benzene rings is 1. The van der Waals surface area contributed by atoms with Gasteiger partial charge in [-0.15, -0.1) is 0 Å². The lowest BCUT2D eigenvalue weighted by Crippen LogP contribution is -2.53. The molecule has 1 aromatic carbocycles. The van der Waals surface area contributed by atoms with E-state index in [9.17, 15) is 35.5 Å². The second-order valence-corrected chi connectivity index (χ2v) is 7.91. The SMILES string of the molecule is COc1cc(C(F)(F)F)cc(C(F)(F)F)c1C(=O)NC1CCCCC1N1CCC(F)C1. The van der Waals surface area contributed by atoms with Crippen LogP contribution in [0.4, 0.5) is 30.7 Å². The van der Waals surface area contributed by atoms with Crippen LogP contribution in [-0.2, 0) is 12.4 Å². The quantitative estimate of drug-likeness (QED) is 0.661. The van der Waals surface area contributed by atoms with E-state index in [-0.39, 0.29) is 18.7 Å². The number of likely N-dealkylation sites (tertiary alicyclic amines) is 1. The fourth-order valence-electron chi connectivity index (χ4n) is 4.40. The summed E-state index contributed by atoms with van der Waals surface area (Å²) in [5.74, 6) is -1.97. The molecule has 1 aliphatic heterocycles. The standard InChI is InChI=1S/C20H23F7N2O2/c1-31-16-9-11(19(22,23)24)8-13(20(25,26)27)17(16)18(30)28-14-4-2-3-5-15(14)29-7-6-12(21)10-29/h8-9,12,14-15H,2-7,10H2,1H3,(H,28,30). The van der Waals surface area contributed by atoms with E-state index >= 15 is 0 Å². The van der Waals surface area contributed by atoms with Crippen LogP contribution in [0, 0.1) is 0 Å². The van der Waals surface area contributed by atoms with E-state index in [0.29, 0.717) is 31.9 Å². The predicted octanol–water partition coefficient (Wildman–Crippen LogP) is 4.82. The largest absolute Gasteiger partial charge is 0.496 e. The summed E-state index contributed by atoms with van der Waals surface area (Å²) in [7, 11) is 0.904. The number of nitrogens with one attached hydrogen (secondary N) is 1. The van der Waals surface area contributed by atoms with Crippen molar-refractivity contribution in [3.63, 3.8) is 0 Å². The van der Waals surface area contributed by atoms with Gasteiger partial charge in [0.25, 0.3) is 5.91 Å². The number of ether oxygens (including phenoxy) is 1. The number of halogens is 7. The molecule has 1 amide bonds. The van der Waals surface area contributed by atoms with Crippen LogP contribution in [0.1, 0.15) is 53.6 Å². The molecule has 3 atom stereocenters. The van der Waals surface area contributed by atoms with Gasteiger partial charge in [0.2, 0.25) is 0 Å². The van der Waals surface area contributed by atoms with Gasteiger partial charge < -0.3 is 10.1 Å². The molecule has 2 fully saturated rings. The number of hydrogen-bond donors (Lipinski definition) is 1. The Labute approximate surface area is 174 Å². The molecule has 0 radical (unpaired) electrons. The third-order valence-electron chi connectivity index (χ3n) is 5.86. The van der Waals surface area contributed by atoms with Crippen LogP contribution < -0.4 is 10.1 Å². The Morgan fingerprint density at radius 2 is 1.74 bits per heavy atom. The van der Waals surface area contributed by atoms with Crippen molar-refractivity contribution < 1.29 is 40.3 Å². The number of alkyl halides is 7. The Morgan fingerprint density at radius 3 is 2.29 bits per heavy atom. The minimum atomic E-state index is -5.20. The summed E-state index contributed by atoms with van der Waals surface area (Å²) < 4.78 is 98.4. The van der Waals surface area contributed by atoms with Gasteiger partial charge in [0.1, 0.15) is 11.9 Å². The summed E-state index contributed by atoms with van der Waals surface area (Å²) in [4.78, 5) is 14.8. The highest BCUT2D eigenvalue weighted by molar-refractivity contribution is 5.99. The summed E-state index contributed by atoms with van der Waals surface area (Å²) in [5.41, 5.74) is -4.26. The van der Waals surface area contributed by atoms with Gasteiger partial charge in [-0.1, -0.05) is 12.8 Å². The van der Waals surface area contributed by atoms with Crippen molar-refractivity contribution >= 4 is 5.91 Å². The fourth-order valence-corrected chi connectivity index (χ4v) is 4.40. The van der Waals surface area contributed by atoms with E-state index in [2.05, 4.69) is 5.32 Å². The lowest BCUT2D eigenvalue weighted by molar-refractivity contribution is -0.143. The van der Waals surface area contributed by atoms with Crippen LogP contribution in [0.25, 0.3) is 0 Å². The maximum atomic E-state index is 13.6. The summed E-state index contributed by atoms with van der Waals surface area (Å²) in [6.45, 7) is 0.671. The maximum absolute atomic E-state index is 13.6. The van der Waals surface area contributed by atoms with Crippen LogP contribution >= 0.6 is 0 Å². The number of hydrogen-bond acceptors (Lipinski definition) is 3. The molecule has 1 N–H and O–H groups in total. The molecule has 0 spiro atoms. The van der Waals surface area contributed by atoms with E-state index in [1.807, 2.05) is 4.90 Å². The first-order valence-corrected chi connectivity index (χ1v) is 9.97. The van der Waals surface area contributed by atoms with E-state index in [4.69, 9.17) is 4.74 Å². The van der Waals surface area contributed by atoms with E-state index < -0.39 is 52.9 Å². The van der Waals surface area contributed by atoms with Gasteiger partial charge in [0.05, 0.1) is 23.8 Å². The fraction of sp³-hybridized carbons (Fsp3) is 0.650. The molecule has 0 bridgehead atoms. The molecule has 1 aliphatic carbocycles. The zero-order chi connectivity index (χ0) is 23.0. The molecular weight excluding hydrogens is 433 g/mol. The lowest BCUT2D eigenvalue weighted by atomic mass is 9.88. The zero-order valence-electron chi connectivity index (χ0n) is 16.7. The van der Waals surface area contributed by atoms with Crippen molar-refractivity contribution in [2.75, 3.05) is 20.2 Å². The van der Waals surface area contributed by atoms with Gasteiger partial charge in [-0.3, -0.25) is 9.69 Å². The van der Waals surface area contributed by atoms with Crippen molar-refractivity contribution in [2.24, 2.45) is 0 Å². The van der Waals surface area contributed by atoms with Gasteiger partial charge in [0, 0.05) is 25.2 Å². The van der Waals surface area contributed by atoms with Crippen LogP contribution in [-0.4, -0.2) is 49.3 Å². The number of methoxy groups -OCH3 is 1. The first-order valence-electron chi connectivity index (χ1n) is 9.97. The third-order valence-corrected chi connectivity index (χ3v) is 5.86. The number of rotatable bonds is 4. The maximum Gasteiger partial charge on any atom is 0.417 e. The molecule has 2 aliphatic rings. The van der Waals surface area contributed by atoms with Crippen molar-refractivity contribution in [3.05, 3.63) is 28.8 Å². The molecule has 174 valence electrons. The highest BCUT2D eigenvalue weighted by Crippen LogP contribution is 2.41. The van der Waals surface area contributed by atoms with E-state index in [0.717, 1.165) is 20.0 Å². The topological polar surface area (TPSA) is 41.6 Å². The van der Waals surface area contributed by atoms with Crippen molar-refractivity contribution in [1.29, 1.82) is 0 Å². The molecule has 1 saturated heterocycles. The first-order chi connectivity index (χ1) is 14.4. The summed E-state index contributed by atoms with van der Waals surface area (Å²) in [6, 6.07) is -0.478. The molecule has 4 nitrogen and oxygen atoms in total. The van der Waals surface area contributed by atoms with Gasteiger partial charge >= 0.3 is 12.4 Å². The normalized spacial score (nSPS) is 25.5. The van der Waals surface area contributed by atoms with Crippen molar-refractivity contribution in [3.8, 4) is 5.75 Å². The Balaban J connectivity index is 1.94. The number of amides is 1. The average Bonchev–Trinajstić information content (AvgIpc) is 3.12. The van der Waals surface area contributed by atoms with Crippen LogP contribution in [0.5, 0.6) is 5.75 Å². The summed E-state index contributed by atoms with van der Waals surface area (Å²) >= 11 is 0. The number of carbonyl (C=O) groups excluding carboxylic acids is 1. The Kier molecular flexibility index (Phi) is 6.73. The average molecular weight is 456 g/mol. The molecule has 11 heteroatoms. The summed E-state index contributed by atoms with van der Waals surface area (Å²) in [6.07, 6.45) is -8.21. The molecule has 3 unspecified atom stereocenters. The van der Waals surface area contributed by atoms with E-state index in [1.54, 1.807) is 0 Å². The minimum Gasteiger partial charge on any atom is -0.496 e. The summed E-state index contributed by atoms with van der Waals surface area (Å²) in [5, 5.41) is 2.56. The Hall–Kier alpha value is -2.04. The highest BCUT2D eigenvalue weighted by atomic mass is 19.4. The Morgan fingerprint density at radius 1 is 1.06 bits per heavy atom. The van der Waals surface area contributed by atoms with Crippen LogP contribution in [0.15, 0.2) is 12.1 Å². The highest BCUT2D eigenvalue weighted by Gasteiger charge is 2.43. The van der Waals surface area contributed by atoms with Gasteiger partial charge in [-0.25, -0.2) is 4.39 Å². The molecule has 31 heavy (non-hydrogen) atoms.